The Morgan fingerprint density at radius 3 is 2.23 bits per heavy atom. The highest BCUT2D eigenvalue weighted by atomic mass is 16.2. The molecule has 4 aliphatic rings. The monoisotopic (exact) mass is 300 g/mol. The molecule has 4 saturated carbocycles. The van der Waals surface area contributed by atoms with Crippen molar-refractivity contribution in [3.05, 3.63) is 11.6 Å². The van der Waals surface area contributed by atoms with Gasteiger partial charge in [-0.2, -0.15) is 5.26 Å². The third-order valence-corrected chi connectivity index (χ3v) is 6.36. The van der Waals surface area contributed by atoms with E-state index in [-0.39, 0.29) is 11.8 Å². The molecule has 0 aromatic heterocycles. The zero-order chi connectivity index (χ0) is 15.9. The average molecular weight is 300 g/mol. The van der Waals surface area contributed by atoms with Crippen LogP contribution in [0.15, 0.2) is 11.6 Å². The van der Waals surface area contributed by atoms with Crippen molar-refractivity contribution >= 4 is 5.91 Å². The molecule has 0 aromatic rings. The van der Waals surface area contributed by atoms with Gasteiger partial charge in [-0.1, -0.05) is 5.57 Å². The number of amides is 1. The summed E-state index contributed by atoms with van der Waals surface area (Å²) in [5.41, 5.74) is 1.61. The Morgan fingerprint density at radius 1 is 1.27 bits per heavy atom. The number of nitrogens with zero attached hydrogens (tertiary/aromatic N) is 2. The lowest BCUT2D eigenvalue weighted by molar-refractivity contribution is -0.125. The Hall–Kier alpha value is -1.30. The van der Waals surface area contributed by atoms with Crippen molar-refractivity contribution in [1.82, 2.24) is 4.90 Å². The van der Waals surface area contributed by atoms with E-state index in [0.717, 1.165) is 17.8 Å². The fourth-order valence-corrected chi connectivity index (χ4v) is 5.58. The zero-order valence-corrected chi connectivity index (χ0v) is 14.1. The first-order valence-corrected chi connectivity index (χ1v) is 8.75. The smallest absolute Gasteiger partial charge is 0.246 e. The van der Waals surface area contributed by atoms with E-state index in [1.165, 1.54) is 44.1 Å². The van der Waals surface area contributed by atoms with Crippen molar-refractivity contribution in [1.29, 1.82) is 5.26 Å². The Kier molecular flexibility index (Phi) is 4.05. The lowest BCUT2D eigenvalue weighted by Gasteiger charge is -2.57. The van der Waals surface area contributed by atoms with Crippen LogP contribution < -0.4 is 0 Å². The number of carbonyl (C=O) groups excluding carboxylic acids is 1. The molecule has 0 radical (unpaired) electrons. The lowest BCUT2D eigenvalue weighted by atomic mass is 9.48. The van der Waals surface area contributed by atoms with Crippen LogP contribution in [0.5, 0.6) is 0 Å². The maximum absolute atomic E-state index is 12.4. The van der Waals surface area contributed by atoms with E-state index in [9.17, 15) is 4.79 Å². The van der Waals surface area contributed by atoms with Crippen LogP contribution in [0.3, 0.4) is 0 Å². The lowest BCUT2D eigenvalue weighted by Crippen LogP contribution is -2.46. The highest BCUT2D eigenvalue weighted by molar-refractivity contribution is 5.88. The second kappa shape index (κ2) is 5.72. The minimum absolute atomic E-state index is 0.0651. The molecule has 22 heavy (non-hydrogen) atoms. The molecule has 4 aliphatic carbocycles. The molecular formula is C19H28N2O. The third-order valence-electron chi connectivity index (χ3n) is 6.36. The van der Waals surface area contributed by atoms with Gasteiger partial charge in [0.15, 0.2) is 0 Å². The van der Waals surface area contributed by atoms with Crippen molar-refractivity contribution in [2.75, 3.05) is 13.6 Å². The summed E-state index contributed by atoms with van der Waals surface area (Å²) in [6.07, 6.45) is 10.1. The quantitative estimate of drug-likeness (QED) is 0.742. The molecule has 4 bridgehead atoms. The first-order valence-electron chi connectivity index (χ1n) is 8.75. The van der Waals surface area contributed by atoms with E-state index >= 15 is 0 Å². The Morgan fingerprint density at radius 2 is 1.77 bits per heavy atom. The van der Waals surface area contributed by atoms with Gasteiger partial charge in [-0.15, -0.1) is 0 Å². The maximum atomic E-state index is 12.4. The van der Waals surface area contributed by atoms with Crippen LogP contribution in [-0.4, -0.2) is 24.4 Å². The van der Waals surface area contributed by atoms with Crippen LogP contribution in [0.25, 0.3) is 0 Å². The van der Waals surface area contributed by atoms with Gasteiger partial charge in [-0.05, 0) is 75.5 Å². The first-order chi connectivity index (χ1) is 10.4. The summed E-state index contributed by atoms with van der Waals surface area (Å²) in [5.74, 6) is 2.67. The minimum atomic E-state index is -0.109. The molecule has 1 amide bonds. The molecule has 0 saturated heterocycles. The average Bonchev–Trinajstić information content (AvgIpc) is 2.45. The van der Waals surface area contributed by atoms with E-state index in [4.69, 9.17) is 5.26 Å². The number of hydrogen-bond acceptors (Lipinski definition) is 2. The molecule has 3 heteroatoms. The van der Waals surface area contributed by atoms with Crippen molar-refractivity contribution in [2.45, 2.75) is 52.4 Å². The third kappa shape index (κ3) is 2.81. The number of likely N-dealkylation sites (N-methyl/N-ethyl adjacent to an activating group) is 1. The molecule has 0 aliphatic heterocycles. The van der Waals surface area contributed by atoms with Crippen LogP contribution in [0, 0.1) is 40.4 Å². The molecule has 0 spiro atoms. The van der Waals surface area contributed by atoms with Gasteiger partial charge >= 0.3 is 0 Å². The number of carbonyl (C=O) groups is 1. The minimum Gasteiger partial charge on any atom is -0.341 e. The zero-order valence-electron chi connectivity index (χ0n) is 14.1. The summed E-state index contributed by atoms with van der Waals surface area (Å²) >= 11 is 0. The van der Waals surface area contributed by atoms with Gasteiger partial charge in [0.25, 0.3) is 0 Å². The molecule has 3 nitrogen and oxygen atoms in total. The summed E-state index contributed by atoms with van der Waals surface area (Å²) in [6, 6.07) is 2.20. The standard InChI is InChI=1S/C19H28N2O/c1-13(11-20)12-21(3)18(22)4-14(2)19-8-15-5-16(9-19)7-17(6-15)10-19/h4,13,15-17H,5-10,12H2,1-3H3. The Labute approximate surface area is 134 Å². The summed E-state index contributed by atoms with van der Waals surface area (Å²) in [5, 5.41) is 8.90. The molecule has 0 heterocycles. The predicted octanol–water partition coefficient (Wildman–Crippen LogP) is 3.77. The topological polar surface area (TPSA) is 44.1 Å². The molecule has 4 fully saturated rings. The number of rotatable bonds is 4. The molecule has 1 atom stereocenters. The van der Waals surface area contributed by atoms with E-state index in [1.54, 1.807) is 11.9 Å². The normalized spacial score (nSPS) is 37.7. The highest BCUT2D eigenvalue weighted by Crippen LogP contribution is 2.62. The van der Waals surface area contributed by atoms with Gasteiger partial charge in [-0.3, -0.25) is 4.79 Å². The fourth-order valence-electron chi connectivity index (χ4n) is 5.58. The summed E-state index contributed by atoms with van der Waals surface area (Å²) in [4.78, 5) is 14.1. The van der Waals surface area contributed by atoms with Crippen LogP contribution in [0.2, 0.25) is 0 Å². The molecule has 0 aromatic carbocycles. The molecular weight excluding hydrogens is 272 g/mol. The number of nitriles is 1. The van der Waals surface area contributed by atoms with Gasteiger partial charge in [0.1, 0.15) is 0 Å². The molecule has 120 valence electrons. The SMILES string of the molecule is CC(=CC(=O)N(C)CC(C)C#N)C12CC3CC(CC(C3)C1)C2. The second-order valence-corrected chi connectivity index (χ2v) is 8.27. The van der Waals surface area contributed by atoms with Crippen molar-refractivity contribution in [2.24, 2.45) is 29.1 Å². The summed E-state index contributed by atoms with van der Waals surface area (Å²) in [6.45, 7) is 4.55. The van der Waals surface area contributed by atoms with Crippen LogP contribution in [-0.2, 0) is 4.79 Å². The number of hydrogen-bond donors (Lipinski definition) is 0. The second-order valence-electron chi connectivity index (χ2n) is 8.27. The van der Waals surface area contributed by atoms with Crippen LogP contribution >= 0.6 is 0 Å². The largest absolute Gasteiger partial charge is 0.341 e. The van der Waals surface area contributed by atoms with Gasteiger partial charge in [0.2, 0.25) is 5.91 Å². The first kappa shape index (κ1) is 15.6. The van der Waals surface area contributed by atoms with Crippen molar-refractivity contribution < 1.29 is 4.79 Å². The maximum Gasteiger partial charge on any atom is 0.246 e. The van der Waals surface area contributed by atoms with Crippen molar-refractivity contribution in [3.63, 3.8) is 0 Å². The number of allylic oxidation sites excluding steroid dienone is 1. The van der Waals surface area contributed by atoms with Crippen molar-refractivity contribution in [3.8, 4) is 6.07 Å². The molecule has 4 rings (SSSR count). The molecule has 1 unspecified atom stereocenters. The van der Waals surface area contributed by atoms with E-state index in [2.05, 4.69) is 13.0 Å². The highest BCUT2D eigenvalue weighted by Gasteiger charge is 2.51. The fraction of sp³-hybridized carbons (Fsp3) is 0.789. The predicted molar refractivity (Wildman–Crippen MR) is 86.8 cm³/mol. The van der Waals surface area contributed by atoms with E-state index in [1.807, 2.05) is 13.0 Å². The summed E-state index contributed by atoms with van der Waals surface area (Å²) < 4.78 is 0. The van der Waals surface area contributed by atoms with E-state index in [0.29, 0.717) is 12.0 Å². The Balaban J connectivity index is 1.72. The van der Waals surface area contributed by atoms with Crippen LogP contribution in [0.1, 0.15) is 52.4 Å². The van der Waals surface area contributed by atoms with Gasteiger partial charge in [0.05, 0.1) is 12.0 Å². The summed E-state index contributed by atoms with van der Waals surface area (Å²) in [7, 11) is 1.81. The van der Waals surface area contributed by atoms with Gasteiger partial charge in [-0.25, -0.2) is 0 Å². The Bertz CT molecular complexity index is 493. The van der Waals surface area contributed by atoms with Crippen LogP contribution in [0.4, 0.5) is 0 Å². The van der Waals surface area contributed by atoms with Gasteiger partial charge < -0.3 is 4.90 Å². The molecule has 0 N–H and O–H groups in total. The van der Waals surface area contributed by atoms with E-state index < -0.39 is 0 Å². The van der Waals surface area contributed by atoms with Gasteiger partial charge in [0, 0.05) is 19.7 Å².